The minimum atomic E-state index is 0.116. The van der Waals surface area contributed by atoms with Crippen LogP contribution in [0, 0.1) is 0 Å². The summed E-state index contributed by atoms with van der Waals surface area (Å²) < 4.78 is 5.08. The Morgan fingerprint density at radius 1 is 1.56 bits per heavy atom. The molecule has 0 spiro atoms. The highest BCUT2D eigenvalue weighted by Crippen LogP contribution is 2.14. The number of ketones is 1. The lowest BCUT2D eigenvalue weighted by atomic mass is 10.1. The molecule has 0 bridgehead atoms. The van der Waals surface area contributed by atoms with E-state index in [0.717, 1.165) is 13.1 Å². The number of ether oxygens (including phenoxy) is 1. The zero-order valence-corrected chi connectivity index (χ0v) is 9.35. The molecular weight excluding hydrogens is 204 g/mol. The van der Waals surface area contributed by atoms with Crippen LogP contribution in [0.15, 0.2) is 24.3 Å². The van der Waals surface area contributed by atoms with Crippen molar-refractivity contribution in [1.29, 1.82) is 0 Å². The second-order valence-corrected chi connectivity index (χ2v) is 4.11. The predicted molar refractivity (Wildman–Crippen MR) is 61.7 cm³/mol. The van der Waals surface area contributed by atoms with E-state index in [1.54, 1.807) is 13.2 Å². The summed E-state index contributed by atoms with van der Waals surface area (Å²) in [6.45, 7) is 2.08. The molecule has 16 heavy (non-hydrogen) atoms. The molecule has 1 aliphatic heterocycles. The van der Waals surface area contributed by atoms with Gasteiger partial charge in [0.05, 0.1) is 13.7 Å². The van der Waals surface area contributed by atoms with Crippen molar-refractivity contribution in [2.75, 3.05) is 26.7 Å². The first-order valence-corrected chi connectivity index (χ1v) is 5.34. The van der Waals surface area contributed by atoms with Gasteiger partial charge in [0.1, 0.15) is 5.75 Å². The molecule has 1 aromatic rings. The Balaban J connectivity index is 1.97. The van der Waals surface area contributed by atoms with Crippen LogP contribution in [-0.4, -0.2) is 43.5 Å². The summed E-state index contributed by atoms with van der Waals surface area (Å²) in [5, 5.41) is 0. The lowest BCUT2D eigenvalue weighted by molar-refractivity contribution is 0.0843. The van der Waals surface area contributed by atoms with Crippen LogP contribution < -0.4 is 10.5 Å². The first-order valence-electron chi connectivity index (χ1n) is 5.34. The van der Waals surface area contributed by atoms with Crippen molar-refractivity contribution in [3.63, 3.8) is 0 Å². The van der Waals surface area contributed by atoms with Crippen molar-refractivity contribution >= 4 is 5.78 Å². The van der Waals surface area contributed by atoms with Gasteiger partial charge in [-0.1, -0.05) is 12.1 Å². The average molecular weight is 220 g/mol. The van der Waals surface area contributed by atoms with E-state index in [0.29, 0.717) is 17.9 Å². The summed E-state index contributed by atoms with van der Waals surface area (Å²) in [4.78, 5) is 13.9. The molecule has 0 radical (unpaired) electrons. The molecule has 0 saturated carbocycles. The minimum Gasteiger partial charge on any atom is -0.497 e. The molecular formula is C12H16N2O2. The van der Waals surface area contributed by atoms with Crippen LogP contribution in [0.2, 0.25) is 0 Å². The highest BCUT2D eigenvalue weighted by atomic mass is 16.5. The van der Waals surface area contributed by atoms with Gasteiger partial charge >= 0.3 is 0 Å². The van der Waals surface area contributed by atoms with Gasteiger partial charge in [0.2, 0.25) is 0 Å². The van der Waals surface area contributed by atoms with Crippen LogP contribution in [0.4, 0.5) is 0 Å². The van der Waals surface area contributed by atoms with Gasteiger partial charge in [0.25, 0.3) is 0 Å². The number of nitrogens with two attached hydrogens (primary N) is 1. The maximum atomic E-state index is 11.9. The van der Waals surface area contributed by atoms with Crippen LogP contribution in [0.1, 0.15) is 10.4 Å². The highest BCUT2D eigenvalue weighted by molar-refractivity contribution is 5.98. The summed E-state index contributed by atoms with van der Waals surface area (Å²) >= 11 is 0. The SMILES string of the molecule is COc1cccc(C(=O)CN2CC(N)C2)c1. The molecule has 1 aromatic carbocycles. The van der Waals surface area contributed by atoms with Crippen molar-refractivity contribution in [3.8, 4) is 5.75 Å². The summed E-state index contributed by atoms with van der Waals surface area (Å²) in [5.74, 6) is 0.831. The average Bonchev–Trinajstić information content (AvgIpc) is 2.27. The van der Waals surface area contributed by atoms with E-state index in [4.69, 9.17) is 10.5 Å². The Hall–Kier alpha value is -1.39. The van der Waals surface area contributed by atoms with E-state index in [9.17, 15) is 4.79 Å². The van der Waals surface area contributed by atoms with E-state index < -0.39 is 0 Å². The Morgan fingerprint density at radius 2 is 2.31 bits per heavy atom. The maximum Gasteiger partial charge on any atom is 0.176 e. The third-order valence-electron chi connectivity index (χ3n) is 2.74. The first-order chi connectivity index (χ1) is 7.69. The number of Topliss-reactive ketones (excluding diaryl/α,β-unsaturated/α-hetero) is 1. The number of rotatable bonds is 4. The molecule has 2 N–H and O–H groups in total. The van der Waals surface area contributed by atoms with Crippen molar-refractivity contribution in [2.45, 2.75) is 6.04 Å². The predicted octanol–water partition coefficient (Wildman–Crippen LogP) is 0.521. The fraction of sp³-hybridized carbons (Fsp3) is 0.417. The van der Waals surface area contributed by atoms with E-state index >= 15 is 0 Å². The molecule has 1 fully saturated rings. The third kappa shape index (κ3) is 2.40. The number of methoxy groups -OCH3 is 1. The van der Waals surface area contributed by atoms with Gasteiger partial charge in [-0.2, -0.15) is 0 Å². The van der Waals surface area contributed by atoms with Gasteiger partial charge in [-0.3, -0.25) is 9.69 Å². The standard InChI is InChI=1S/C12H16N2O2/c1-16-11-4-2-3-9(5-11)12(15)8-14-6-10(13)7-14/h2-5,10H,6-8,13H2,1H3. The van der Waals surface area contributed by atoms with Crippen LogP contribution in [0.3, 0.4) is 0 Å². The monoisotopic (exact) mass is 220 g/mol. The van der Waals surface area contributed by atoms with Crippen LogP contribution >= 0.6 is 0 Å². The van der Waals surface area contributed by atoms with Gasteiger partial charge in [0, 0.05) is 24.7 Å². The topological polar surface area (TPSA) is 55.6 Å². The number of carbonyl (C=O) groups excluding carboxylic acids is 1. The molecule has 2 rings (SSSR count). The minimum absolute atomic E-state index is 0.116. The molecule has 0 atom stereocenters. The Bertz CT molecular complexity index is 386. The smallest absolute Gasteiger partial charge is 0.176 e. The van der Waals surface area contributed by atoms with Gasteiger partial charge in [0.15, 0.2) is 5.78 Å². The van der Waals surface area contributed by atoms with Crippen molar-refractivity contribution in [2.24, 2.45) is 5.73 Å². The maximum absolute atomic E-state index is 11.9. The normalized spacial score (nSPS) is 16.9. The molecule has 86 valence electrons. The zero-order valence-electron chi connectivity index (χ0n) is 9.35. The van der Waals surface area contributed by atoms with E-state index in [1.165, 1.54) is 0 Å². The fourth-order valence-corrected chi connectivity index (χ4v) is 1.83. The van der Waals surface area contributed by atoms with Gasteiger partial charge in [-0.25, -0.2) is 0 Å². The van der Waals surface area contributed by atoms with Crippen molar-refractivity contribution < 1.29 is 9.53 Å². The molecule has 1 heterocycles. The summed E-state index contributed by atoms with van der Waals surface area (Å²) in [6, 6.07) is 7.47. The number of nitrogens with zero attached hydrogens (tertiary/aromatic N) is 1. The largest absolute Gasteiger partial charge is 0.497 e. The number of benzene rings is 1. The van der Waals surface area contributed by atoms with Crippen LogP contribution in [-0.2, 0) is 0 Å². The molecule has 0 aliphatic carbocycles. The number of hydrogen-bond acceptors (Lipinski definition) is 4. The molecule has 4 nitrogen and oxygen atoms in total. The lowest BCUT2D eigenvalue weighted by Gasteiger charge is -2.36. The third-order valence-corrected chi connectivity index (χ3v) is 2.74. The summed E-state index contributed by atoms with van der Waals surface area (Å²) in [6.07, 6.45) is 0. The molecule has 0 unspecified atom stereocenters. The van der Waals surface area contributed by atoms with Crippen LogP contribution in [0.5, 0.6) is 5.75 Å². The molecule has 0 aromatic heterocycles. The molecule has 1 saturated heterocycles. The quantitative estimate of drug-likeness (QED) is 0.752. The van der Waals surface area contributed by atoms with Crippen molar-refractivity contribution in [3.05, 3.63) is 29.8 Å². The first kappa shape index (κ1) is 11.1. The fourth-order valence-electron chi connectivity index (χ4n) is 1.83. The highest BCUT2D eigenvalue weighted by Gasteiger charge is 2.25. The number of carbonyl (C=O) groups is 1. The van der Waals surface area contributed by atoms with Gasteiger partial charge in [-0.15, -0.1) is 0 Å². The van der Waals surface area contributed by atoms with Gasteiger partial charge < -0.3 is 10.5 Å². The van der Waals surface area contributed by atoms with Crippen molar-refractivity contribution in [1.82, 2.24) is 4.90 Å². The number of hydrogen-bond donors (Lipinski definition) is 1. The second-order valence-electron chi connectivity index (χ2n) is 4.11. The summed E-state index contributed by atoms with van der Waals surface area (Å²) in [5.41, 5.74) is 6.35. The Labute approximate surface area is 95.0 Å². The molecule has 0 amide bonds. The van der Waals surface area contributed by atoms with E-state index in [-0.39, 0.29) is 11.8 Å². The summed E-state index contributed by atoms with van der Waals surface area (Å²) in [7, 11) is 1.60. The molecule has 1 aliphatic rings. The Kier molecular flexibility index (Phi) is 3.22. The van der Waals surface area contributed by atoms with E-state index in [1.807, 2.05) is 23.1 Å². The van der Waals surface area contributed by atoms with Gasteiger partial charge in [-0.05, 0) is 12.1 Å². The zero-order chi connectivity index (χ0) is 11.5. The Morgan fingerprint density at radius 3 is 2.94 bits per heavy atom. The van der Waals surface area contributed by atoms with Crippen LogP contribution in [0.25, 0.3) is 0 Å². The second kappa shape index (κ2) is 4.63. The molecule has 4 heteroatoms. The van der Waals surface area contributed by atoms with E-state index in [2.05, 4.69) is 0 Å². The number of likely N-dealkylation sites (tertiary alicyclic amines) is 1. The lowest BCUT2D eigenvalue weighted by Crippen LogP contribution is -2.56.